The van der Waals surface area contributed by atoms with Crippen LogP contribution < -0.4 is 5.73 Å². The van der Waals surface area contributed by atoms with E-state index in [0.29, 0.717) is 6.42 Å². The van der Waals surface area contributed by atoms with Crippen molar-refractivity contribution < 1.29 is 4.84 Å². The van der Waals surface area contributed by atoms with Crippen LogP contribution in [0.1, 0.15) is 18.9 Å². The van der Waals surface area contributed by atoms with Crippen LogP contribution in [0, 0.1) is 5.41 Å². The summed E-state index contributed by atoms with van der Waals surface area (Å²) in [6.45, 7) is 1.82. The SMILES string of the molecule is CCC(=N)O/N=C(\N)c1ccccc1. The molecule has 0 bridgehead atoms. The van der Waals surface area contributed by atoms with E-state index in [1.807, 2.05) is 37.3 Å². The lowest BCUT2D eigenvalue weighted by Gasteiger charge is -2.00. The second-order valence-corrected chi connectivity index (χ2v) is 2.71. The first-order valence-corrected chi connectivity index (χ1v) is 4.37. The highest BCUT2D eigenvalue weighted by Crippen LogP contribution is 1.98. The zero-order valence-corrected chi connectivity index (χ0v) is 8.03. The van der Waals surface area contributed by atoms with Crippen molar-refractivity contribution >= 4 is 11.7 Å². The zero-order valence-electron chi connectivity index (χ0n) is 8.03. The van der Waals surface area contributed by atoms with E-state index in [1.54, 1.807) is 0 Å². The lowest BCUT2D eigenvalue weighted by molar-refractivity contribution is 0.315. The van der Waals surface area contributed by atoms with Gasteiger partial charge >= 0.3 is 0 Å². The molecule has 0 saturated carbocycles. The molecular formula is C10H13N3O. The van der Waals surface area contributed by atoms with Gasteiger partial charge in [-0.1, -0.05) is 42.4 Å². The van der Waals surface area contributed by atoms with Crippen LogP contribution in [0.2, 0.25) is 0 Å². The van der Waals surface area contributed by atoms with Crippen molar-refractivity contribution in [3.8, 4) is 0 Å². The predicted molar refractivity (Wildman–Crippen MR) is 56.3 cm³/mol. The van der Waals surface area contributed by atoms with Crippen molar-refractivity contribution in [1.82, 2.24) is 0 Å². The van der Waals surface area contributed by atoms with Gasteiger partial charge in [0, 0.05) is 12.0 Å². The third kappa shape index (κ3) is 2.90. The average molecular weight is 191 g/mol. The minimum Gasteiger partial charge on any atom is -0.380 e. The summed E-state index contributed by atoms with van der Waals surface area (Å²) in [5, 5.41) is 10.8. The molecule has 14 heavy (non-hydrogen) atoms. The number of nitrogens with zero attached hydrogens (tertiary/aromatic N) is 1. The number of hydrogen-bond acceptors (Lipinski definition) is 3. The van der Waals surface area contributed by atoms with E-state index in [2.05, 4.69) is 5.16 Å². The predicted octanol–water partition coefficient (Wildman–Crippen LogP) is 1.71. The summed E-state index contributed by atoms with van der Waals surface area (Å²) in [5.74, 6) is 0.382. The monoisotopic (exact) mass is 191 g/mol. The Morgan fingerprint density at radius 1 is 1.43 bits per heavy atom. The van der Waals surface area contributed by atoms with Crippen molar-refractivity contribution in [2.24, 2.45) is 10.9 Å². The van der Waals surface area contributed by atoms with Crippen molar-refractivity contribution in [1.29, 1.82) is 5.41 Å². The maximum Gasteiger partial charge on any atom is 0.217 e. The number of hydrogen-bond donors (Lipinski definition) is 2. The van der Waals surface area contributed by atoms with Crippen LogP contribution in [0.4, 0.5) is 0 Å². The van der Waals surface area contributed by atoms with Gasteiger partial charge in [0.25, 0.3) is 0 Å². The Morgan fingerprint density at radius 3 is 2.64 bits per heavy atom. The maximum absolute atomic E-state index is 7.21. The second kappa shape index (κ2) is 5.01. The highest BCUT2D eigenvalue weighted by Gasteiger charge is 1.98. The number of nitrogens with two attached hydrogens (primary N) is 1. The molecule has 0 heterocycles. The molecule has 4 heteroatoms. The molecule has 0 fully saturated rings. The second-order valence-electron chi connectivity index (χ2n) is 2.71. The van der Waals surface area contributed by atoms with E-state index in [1.165, 1.54) is 0 Å². The van der Waals surface area contributed by atoms with Gasteiger partial charge < -0.3 is 10.6 Å². The van der Waals surface area contributed by atoms with Crippen LogP contribution in [0.25, 0.3) is 0 Å². The smallest absolute Gasteiger partial charge is 0.217 e. The summed E-state index contributed by atoms with van der Waals surface area (Å²) < 4.78 is 0. The third-order valence-corrected chi connectivity index (χ3v) is 1.64. The van der Waals surface area contributed by atoms with E-state index in [4.69, 9.17) is 16.0 Å². The van der Waals surface area contributed by atoms with Crippen LogP contribution in [0.3, 0.4) is 0 Å². The molecule has 1 rings (SSSR count). The molecule has 0 amide bonds. The first-order valence-electron chi connectivity index (χ1n) is 4.37. The van der Waals surface area contributed by atoms with Gasteiger partial charge in [0.15, 0.2) is 5.84 Å². The van der Waals surface area contributed by atoms with Crippen LogP contribution in [-0.4, -0.2) is 11.7 Å². The Bertz CT molecular complexity index is 332. The fourth-order valence-corrected chi connectivity index (χ4v) is 0.830. The van der Waals surface area contributed by atoms with E-state index in [-0.39, 0.29) is 11.7 Å². The highest BCUT2D eigenvalue weighted by atomic mass is 16.6. The fraction of sp³-hybridized carbons (Fsp3) is 0.200. The maximum atomic E-state index is 7.21. The summed E-state index contributed by atoms with van der Waals surface area (Å²) in [6.07, 6.45) is 0.506. The topological polar surface area (TPSA) is 71.5 Å². The quantitative estimate of drug-likeness (QED) is 0.433. The van der Waals surface area contributed by atoms with Gasteiger partial charge in [-0.05, 0) is 0 Å². The normalized spacial score (nSPS) is 11.1. The Kier molecular flexibility index (Phi) is 3.67. The number of amidine groups is 1. The summed E-state index contributed by atoms with van der Waals surface area (Å²) in [4.78, 5) is 4.75. The van der Waals surface area contributed by atoms with Crippen LogP contribution in [-0.2, 0) is 4.84 Å². The molecule has 1 aromatic rings. The Hall–Kier alpha value is -1.84. The Labute approximate surface area is 82.9 Å². The van der Waals surface area contributed by atoms with Gasteiger partial charge in [-0.25, -0.2) is 0 Å². The fourth-order valence-electron chi connectivity index (χ4n) is 0.830. The van der Waals surface area contributed by atoms with Gasteiger partial charge in [-0.2, -0.15) is 0 Å². The number of nitrogens with one attached hydrogen (secondary N) is 1. The van der Waals surface area contributed by atoms with E-state index in [9.17, 15) is 0 Å². The van der Waals surface area contributed by atoms with Crippen molar-refractivity contribution in [2.75, 3.05) is 0 Å². The molecule has 0 atom stereocenters. The van der Waals surface area contributed by atoms with Gasteiger partial charge in [-0.3, -0.25) is 5.41 Å². The van der Waals surface area contributed by atoms with Crippen LogP contribution in [0.5, 0.6) is 0 Å². The molecule has 1 aromatic carbocycles. The minimum atomic E-state index is 0.101. The number of oxime groups is 1. The standard InChI is InChI=1S/C10H13N3O/c1-2-9(11)14-13-10(12)8-6-4-3-5-7-8/h3-7,11H,2H2,1H3,(H2,12,13). The van der Waals surface area contributed by atoms with Crippen molar-refractivity contribution in [3.63, 3.8) is 0 Å². The molecule has 0 spiro atoms. The van der Waals surface area contributed by atoms with Gasteiger partial charge in [0.2, 0.25) is 5.90 Å². The van der Waals surface area contributed by atoms with E-state index < -0.39 is 0 Å². The molecule has 0 aromatic heterocycles. The first-order chi connectivity index (χ1) is 6.74. The number of benzene rings is 1. The lowest BCUT2D eigenvalue weighted by atomic mass is 10.2. The molecule has 74 valence electrons. The summed E-state index contributed by atoms with van der Waals surface area (Å²) >= 11 is 0. The van der Waals surface area contributed by atoms with Crippen LogP contribution >= 0.6 is 0 Å². The Balaban J connectivity index is 2.66. The minimum absolute atomic E-state index is 0.101. The van der Waals surface area contributed by atoms with Gasteiger partial charge in [0.1, 0.15) is 0 Å². The first kappa shape index (κ1) is 10.2. The van der Waals surface area contributed by atoms with Gasteiger partial charge in [-0.15, -0.1) is 0 Å². The largest absolute Gasteiger partial charge is 0.380 e. The molecular weight excluding hydrogens is 178 g/mol. The molecule has 3 N–H and O–H groups in total. The summed E-state index contributed by atoms with van der Waals surface area (Å²) in [6, 6.07) is 9.28. The molecule has 0 aliphatic heterocycles. The molecule has 4 nitrogen and oxygen atoms in total. The number of rotatable bonds is 3. The molecule has 0 unspecified atom stereocenters. The molecule has 0 saturated heterocycles. The highest BCUT2D eigenvalue weighted by molar-refractivity contribution is 5.97. The Morgan fingerprint density at radius 2 is 2.07 bits per heavy atom. The van der Waals surface area contributed by atoms with Crippen LogP contribution in [0.15, 0.2) is 35.5 Å². The third-order valence-electron chi connectivity index (χ3n) is 1.64. The van der Waals surface area contributed by atoms with Crippen molar-refractivity contribution in [3.05, 3.63) is 35.9 Å². The zero-order chi connectivity index (χ0) is 10.4. The summed E-state index contributed by atoms with van der Waals surface area (Å²) in [5.41, 5.74) is 6.41. The average Bonchev–Trinajstić information content (AvgIpc) is 2.26. The van der Waals surface area contributed by atoms with Gasteiger partial charge in [0.05, 0.1) is 0 Å². The molecule has 0 aliphatic rings. The molecule has 0 aliphatic carbocycles. The van der Waals surface area contributed by atoms with E-state index >= 15 is 0 Å². The van der Waals surface area contributed by atoms with E-state index in [0.717, 1.165) is 5.56 Å². The lowest BCUT2D eigenvalue weighted by Crippen LogP contribution is -2.14. The molecule has 0 radical (unpaired) electrons. The summed E-state index contributed by atoms with van der Waals surface area (Å²) in [7, 11) is 0. The van der Waals surface area contributed by atoms with Crippen molar-refractivity contribution in [2.45, 2.75) is 13.3 Å².